The van der Waals surface area contributed by atoms with Gasteiger partial charge in [-0.3, -0.25) is 9.59 Å². The highest BCUT2D eigenvalue weighted by atomic mass is 32.2. The molecule has 0 saturated carbocycles. The summed E-state index contributed by atoms with van der Waals surface area (Å²) in [7, 11) is 0. The van der Waals surface area contributed by atoms with Crippen LogP contribution in [0.1, 0.15) is 13.8 Å². The molecule has 2 rings (SSSR count). The zero-order valence-electron chi connectivity index (χ0n) is 11.5. The molecule has 1 fully saturated rings. The van der Waals surface area contributed by atoms with Crippen molar-refractivity contribution in [1.82, 2.24) is 10.6 Å². The number of para-hydroxylation sites is 1. The van der Waals surface area contributed by atoms with Crippen molar-refractivity contribution in [2.24, 2.45) is 0 Å². The lowest BCUT2D eigenvalue weighted by Crippen LogP contribution is -2.68. The number of ether oxygens (including phenoxy) is 1. The van der Waals surface area contributed by atoms with Crippen LogP contribution in [0.3, 0.4) is 0 Å². The van der Waals surface area contributed by atoms with Crippen molar-refractivity contribution in [2.75, 3.05) is 6.61 Å². The fraction of sp³-hybridized carbons (Fsp3) is 0.429. The second kappa shape index (κ2) is 6.65. The highest BCUT2D eigenvalue weighted by Gasteiger charge is 2.41. The van der Waals surface area contributed by atoms with Crippen molar-refractivity contribution >= 4 is 23.6 Å². The molecule has 0 bridgehead atoms. The van der Waals surface area contributed by atoms with Crippen LogP contribution in [0.4, 0.5) is 0 Å². The number of benzene rings is 1. The number of carbonyl (C=O) groups excluding carboxylic acids is 2. The van der Waals surface area contributed by atoms with E-state index in [4.69, 9.17) is 4.74 Å². The number of rotatable bonds is 6. The van der Waals surface area contributed by atoms with Gasteiger partial charge in [-0.2, -0.15) is 0 Å². The maximum atomic E-state index is 11.8. The molecule has 0 spiro atoms. The summed E-state index contributed by atoms with van der Waals surface area (Å²) < 4.78 is 5.34. The van der Waals surface area contributed by atoms with E-state index >= 15 is 0 Å². The zero-order chi connectivity index (χ0) is 14.5. The highest BCUT2D eigenvalue weighted by molar-refractivity contribution is 8.00. The fourth-order valence-corrected chi connectivity index (χ4v) is 2.90. The van der Waals surface area contributed by atoms with Gasteiger partial charge in [-0.1, -0.05) is 32.0 Å². The predicted octanol–water partition coefficient (Wildman–Crippen LogP) is 1.15. The van der Waals surface area contributed by atoms with Crippen molar-refractivity contribution in [3.05, 3.63) is 30.3 Å². The average molecular weight is 294 g/mol. The summed E-state index contributed by atoms with van der Waals surface area (Å²) in [6, 6.07) is 8.64. The highest BCUT2D eigenvalue weighted by Crippen LogP contribution is 2.23. The Morgan fingerprint density at radius 2 is 2.10 bits per heavy atom. The van der Waals surface area contributed by atoms with Crippen LogP contribution in [0.25, 0.3) is 0 Å². The molecular formula is C14H18N2O3S. The minimum absolute atomic E-state index is 0.0526. The number of thioether (sulfide) groups is 1. The molecule has 1 aliphatic rings. The predicted molar refractivity (Wildman–Crippen MR) is 78.5 cm³/mol. The van der Waals surface area contributed by atoms with E-state index in [9.17, 15) is 9.59 Å². The molecule has 0 aliphatic carbocycles. The van der Waals surface area contributed by atoms with Crippen molar-refractivity contribution < 1.29 is 14.3 Å². The molecule has 20 heavy (non-hydrogen) atoms. The first kappa shape index (κ1) is 14.7. The minimum Gasteiger partial charge on any atom is -0.484 e. The summed E-state index contributed by atoms with van der Waals surface area (Å²) in [6.45, 7) is 4.01. The molecule has 0 radical (unpaired) electrons. The molecule has 1 saturated heterocycles. The fourth-order valence-electron chi connectivity index (χ4n) is 1.78. The molecule has 6 heteroatoms. The van der Waals surface area contributed by atoms with Crippen LogP contribution in [0.2, 0.25) is 0 Å². The number of β-lactam (4-membered cyclic amide) rings is 1. The average Bonchev–Trinajstić information content (AvgIpc) is 2.43. The molecule has 1 unspecified atom stereocenters. The van der Waals surface area contributed by atoms with Gasteiger partial charge in [-0.25, -0.2) is 0 Å². The topological polar surface area (TPSA) is 67.4 Å². The molecule has 2 N–H and O–H groups in total. The van der Waals surface area contributed by atoms with Gasteiger partial charge in [0.2, 0.25) is 5.91 Å². The number of carbonyl (C=O) groups is 2. The normalized spacial score (nSPS) is 21.1. The van der Waals surface area contributed by atoms with Crippen LogP contribution in [0.15, 0.2) is 30.3 Å². The van der Waals surface area contributed by atoms with Gasteiger partial charge in [0.05, 0.1) is 0 Å². The van der Waals surface area contributed by atoms with Gasteiger partial charge in [0, 0.05) is 5.25 Å². The van der Waals surface area contributed by atoms with E-state index in [1.807, 2.05) is 32.0 Å². The van der Waals surface area contributed by atoms with Crippen LogP contribution in [0, 0.1) is 0 Å². The summed E-state index contributed by atoms with van der Waals surface area (Å²) in [5.74, 6) is 0.202. The smallest absolute Gasteiger partial charge is 0.258 e. The maximum Gasteiger partial charge on any atom is 0.258 e. The number of hydrogen-bond acceptors (Lipinski definition) is 4. The quantitative estimate of drug-likeness (QED) is 0.772. The molecule has 2 atom stereocenters. The van der Waals surface area contributed by atoms with E-state index in [1.54, 1.807) is 23.9 Å². The first-order valence-corrected chi connectivity index (χ1v) is 7.43. The first-order chi connectivity index (χ1) is 9.56. The van der Waals surface area contributed by atoms with Crippen LogP contribution in [0.5, 0.6) is 5.75 Å². The van der Waals surface area contributed by atoms with Crippen molar-refractivity contribution in [1.29, 1.82) is 0 Å². The van der Waals surface area contributed by atoms with Crippen molar-refractivity contribution in [3.8, 4) is 5.75 Å². The Hall–Kier alpha value is -1.69. The Morgan fingerprint density at radius 3 is 2.70 bits per heavy atom. The van der Waals surface area contributed by atoms with Gasteiger partial charge in [-0.05, 0) is 12.1 Å². The van der Waals surface area contributed by atoms with Crippen LogP contribution >= 0.6 is 11.8 Å². The Balaban J connectivity index is 1.77. The van der Waals surface area contributed by atoms with Crippen molar-refractivity contribution in [2.45, 2.75) is 30.5 Å². The third-order valence-corrected chi connectivity index (χ3v) is 3.95. The first-order valence-electron chi connectivity index (χ1n) is 6.49. The van der Waals surface area contributed by atoms with Crippen LogP contribution in [-0.2, 0) is 9.59 Å². The van der Waals surface area contributed by atoms with E-state index in [2.05, 4.69) is 10.6 Å². The number of hydrogen-bond donors (Lipinski definition) is 2. The van der Waals surface area contributed by atoms with E-state index in [1.165, 1.54) is 0 Å². The Morgan fingerprint density at radius 1 is 1.40 bits per heavy atom. The third kappa shape index (κ3) is 3.90. The largest absolute Gasteiger partial charge is 0.484 e. The molecule has 2 amide bonds. The van der Waals surface area contributed by atoms with Gasteiger partial charge in [-0.15, -0.1) is 11.8 Å². The van der Waals surface area contributed by atoms with Gasteiger partial charge < -0.3 is 15.4 Å². The molecule has 5 nitrogen and oxygen atoms in total. The SMILES string of the molecule is CC(C)S[C@H]1NC(=O)C1NC(=O)COc1ccccc1. The Bertz CT molecular complexity index is 479. The van der Waals surface area contributed by atoms with E-state index in [-0.39, 0.29) is 23.8 Å². The molecule has 1 aliphatic heterocycles. The van der Waals surface area contributed by atoms with Crippen molar-refractivity contribution in [3.63, 3.8) is 0 Å². The molecule has 108 valence electrons. The molecular weight excluding hydrogens is 276 g/mol. The minimum atomic E-state index is -0.464. The monoisotopic (exact) mass is 294 g/mol. The number of amides is 2. The molecule has 1 aromatic carbocycles. The zero-order valence-corrected chi connectivity index (χ0v) is 12.3. The van der Waals surface area contributed by atoms with Crippen LogP contribution < -0.4 is 15.4 Å². The van der Waals surface area contributed by atoms with E-state index in [0.717, 1.165) is 0 Å². The standard InChI is InChI=1S/C14H18N2O3S/c1-9(2)20-14-12(13(18)16-14)15-11(17)8-19-10-6-4-3-5-7-10/h3-7,9,12,14H,8H2,1-2H3,(H,15,17)(H,16,18)/t12?,14-/m1/s1. The molecule has 1 aromatic rings. The Kier molecular flexibility index (Phi) is 4.89. The van der Waals surface area contributed by atoms with Gasteiger partial charge in [0.15, 0.2) is 6.61 Å². The second-order valence-corrected chi connectivity index (χ2v) is 6.48. The Labute approximate surface area is 122 Å². The maximum absolute atomic E-state index is 11.8. The summed E-state index contributed by atoms with van der Waals surface area (Å²) >= 11 is 1.62. The second-order valence-electron chi connectivity index (χ2n) is 4.76. The lowest BCUT2D eigenvalue weighted by Gasteiger charge is -2.37. The van der Waals surface area contributed by atoms with Crippen LogP contribution in [-0.4, -0.2) is 35.1 Å². The van der Waals surface area contributed by atoms with Gasteiger partial charge >= 0.3 is 0 Å². The number of nitrogens with one attached hydrogen (secondary N) is 2. The molecule has 1 heterocycles. The van der Waals surface area contributed by atoms with E-state index in [0.29, 0.717) is 11.0 Å². The summed E-state index contributed by atoms with van der Waals surface area (Å²) in [6.07, 6.45) is 0. The lowest BCUT2D eigenvalue weighted by molar-refractivity contribution is -0.134. The summed E-state index contributed by atoms with van der Waals surface area (Å²) in [5.41, 5.74) is 0. The van der Waals surface area contributed by atoms with Gasteiger partial charge in [0.1, 0.15) is 17.2 Å². The third-order valence-electron chi connectivity index (χ3n) is 2.72. The van der Waals surface area contributed by atoms with E-state index < -0.39 is 6.04 Å². The summed E-state index contributed by atoms with van der Waals surface area (Å²) in [4.78, 5) is 23.2. The molecule has 0 aromatic heterocycles. The lowest BCUT2D eigenvalue weighted by atomic mass is 10.1. The summed E-state index contributed by atoms with van der Waals surface area (Å²) in [5, 5.41) is 5.80. The van der Waals surface area contributed by atoms with Gasteiger partial charge in [0.25, 0.3) is 5.91 Å².